The number of Topliss-reactive ketones (excluding diaryl/α,β-unsaturated/α-hetero) is 1. The summed E-state index contributed by atoms with van der Waals surface area (Å²) in [5.74, 6) is 0.198. The number of hydrogen-bond acceptors (Lipinski definition) is 2. The van der Waals surface area contributed by atoms with Crippen LogP contribution in [-0.4, -0.2) is 23.4 Å². The number of rotatable bonds is 5. The van der Waals surface area contributed by atoms with Gasteiger partial charge in [0.25, 0.3) is 0 Å². The molecule has 0 spiro atoms. The Labute approximate surface area is 113 Å². The molecule has 1 fully saturated rings. The second-order valence-corrected chi connectivity index (χ2v) is 5.44. The Morgan fingerprint density at radius 3 is 2.89 bits per heavy atom. The van der Waals surface area contributed by atoms with Gasteiger partial charge in [-0.25, -0.2) is 0 Å². The molecule has 3 nitrogen and oxygen atoms in total. The lowest BCUT2D eigenvalue weighted by molar-refractivity contribution is 0.0991. The van der Waals surface area contributed by atoms with Gasteiger partial charge in [-0.3, -0.25) is 4.79 Å². The summed E-state index contributed by atoms with van der Waals surface area (Å²) in [5, 5.41) is 4.37. The highest BCUT2D eigenvalue weighted by atomic mass is 16.1. The standard InChI is InChI=1S/C16H20N2O/c1-3-11-4-7-14-13(8-11)16(10(2)18-14)15(19)9-17-12-5-6-12/h4,7-8,12,17-18H,3,5-6,9H2,1-2H3. The normalized spacial score (nSPS) is 15.1. The van der Waals surface area contributed by atoms with Crippen LogP contribution in [0, 0.1) is 6.92 Å². The van der Waals surface area contributed by atoms with Gasteiger partial charge in [-0.15, -0.1) is 0 Å². The second kappa shape index (κ2) is 4.82. The fourth-order valence-electron chi connectivity index (χ4n) is 2.57. The van der Waals surface area contributed by atoms with Gasteiger partial charge in [-0.2, -0.15) is 0 Å². The SMILES string of the molecule is CCc1ccc2[nH]c(C)c(C(=O)CNC3CC3)c2c1. The van der Waals surface area contributed by atoms with Crippen molar-refractivity contribution in [2.75, 3.05) is 6.54 Å². The quantitative estimate of drug-likeness (QED) is 0.808. The number of hydrogen-bond donors (Lipinski definition) is 2. The Morgan fingerprint density at radius 1 is 1.42 bits per heavy atom. The van der Waals surface area contributed by atoms with E-state index in [2.05, 4.69) is 35.4 Å². The van der Waals surface area contributed by atoms with Crippen molar-refractivity contribution in [1.29, 1.82) is 0 Å². The van der Waals surface area contributed by atoms with E-state index in [0.29, 0.717) is 12.6 Å². The van der Waals surface area contributed by atoms with E-state index in [9.17, 15) is 4.79 Å². The molecule has 1 heterocycles. The van der Waals surface area contributed by atoms with Gasteiger partial charge in [0.2, 0.25) is 0 Å². The van der Waals surface area contributed by atoms with E-state index in [1.807, 2.05) is 6.92 Å². The Kier molecular flexibility index (Phi) is 3.15. The molecular weight excluding hydrogens is 236 g/mol. The minimum Gasteiger partial charge on any atom is -0.358 e. The van der Waals surface area contributed by atoms with Crippen LogP contribution in [0.3, 0.4) is 0 Å². The van der Waals surface area contributed by atoms with Crippen LogP contribution in [0.25, 0.3) is 10.9 Å². The van der Waals surface area contributed by atoms with Crippen molar-refractivity contribution in [3.05, 3.63) is 35.0 Å². The van der Waals surface area contributed by atoms with Crippen molar-refractivity contribution >= 4 is 16.7 Å². The van der Waals surface area contributed by atoms with Crippen LogP contribution in [-0.2, 0) is 6.42 Å². The molecule has 0 saturated heterocycles. The first-order valence-electron chi connectivity index (χ1n) is 7.07. The monoisotopic (exact) mass is 256 g/mol. The molecule has 0 unspecified atom stereocenters. The van der Waals surface area contributed by atoms with Crippen LogP contribution in [0.5, 0.6) is 0 Å². The summed E-state index contributed by atoms with van der Waals surface area (Å²) >= 11 is 0. The van der Waals surface area contributed by atoms with E-state index in [4.69, 9.17) is 0 Å². The number of carbonyl (C=O) groups is 1. The molecule has 0 aliphatic heterocycles. The predicted molar refractivity (Wildman–Crippen MR) is 77.8 cm³/mol. The lowest BCUT2D eigenvalue weighted by Crippen LogP contribution is -2.25. The Hall–Kier alpha value is -1.61. The van der Waals surface area contributed by atoms with Crippen molar-refractivity contribution < 1.29 is 4.79 Å². The molecule has 0 radical (unpaired) electrons. The Morgan fingerprint density at radius 2 is 2.21 bits per heavy atom. The molecule has 2 aromatic rings. The number of carbonyl (C=O) groups excluding carboxylic acids is 1. The zero-order valence-electron chi connectivity index (χ0n) is 11.5. The van der Waals surface area contributed by atoms with E-state index >= 15 is 0 Å². The van der Waals surface area contributed by atoms with Gasteiger partial charge in [-0.1, -0.05) is 13.0 Å². The van der Waals surface area contributed by atoms with Crippen molar-refractivity contribution in [1.82, 2.24) is 10.3 Å². The van der Waals surface area contributed by atoms with E-state index in [0.717, 1.165) is 28.6 Å². The third-order valence-corrected chi connectivity index (χ3v) is 3.87. The largest absolute Gasteiger partial charge is 0.358 e. The first kappa shape index (κ1) is 12.4. The molecule has 1 aliphatic rings. The lowest BCUT2D eigenvalue weighted by atomic mass is 10.0. The van der Waals surface area contributed by atoms with Crippen LogP contribution in [0.1, 0.15) is 41.4 Å². The van der Waals surface area contributed by atoms with Gasteiger partial charge in [0, 0.05) is 28.2 Å². The Balaban J connectivity index is 1.95. The summed E-state index contributed by atoms with van der Waals surface area (Å²) in [6.45, 7) is 4.57. The summed E-state index contributed by atoms with van der Waals surface area (Å²) in [5.41, 5.74) is 4.17. The third kappa shape index (κ3) is 2.43. The van der Waals surface area contributed by atoms with E-state index in [-0.39, 0.29) is 5.78 Å². The fraction of sp³-hybridized carbons (Fsp3) is 0.438. The molecule has 1 saturated carbocycles. The number of H-pyrrole nitrogens is 1. The molecule has 19 heavy (non-hydrogen) atoms. The van der Waals surface area contributed by atoms with Gasteiger partial charge in [0.05, 0.1) is 6.54 Å². The molecule has 100 valence electrons. The highest BCUT2D eigenvalue weighted by Gasteiger charge is 2.23. The molecule has 1 aromatic carbocycles. The second-order valence-electron chi connectivity index (χ2n) is 5.44. The molecule has 0 bridgehead atoms. The summed E-state index contributed by atoms with van der Waals surface area (Å²) in [6, 6.07) is 6.91. The van der Waals surface area contributed by atoms with Crippen molar-refractivity contribution in [2.24, 2.45) is 0 Å². The highest BCUT2D eigenvalue weighted by Crippen LogP contribution is 2.25. The summed E-state index contributed by atoms with van der Waals surface area (Å²) in [4.78, 5) is 15.7. The van der Waals surface area contributed by atoms with E-state index in [1.54, 1.807) is 0 Å². The van der Waals surface area contributed by atoms with Gasteiger partial charge >= 0.3 is 0 Å². The van der Waals surface area contributed by atoms with Crippen LogP contribution in [0.4, 0.5) is 0 Å². The molecule has 3 heteroatoms. The number of aromatic nitrogens is 1. The number of aryl methyl sites for hydroxylation is 2. The lowest BCUT2D eigenvalue weighted by Gasteiger charge is -2.03. The smallest absolute Gasteiger partial charge is 0.179 e. The molecule has 2 N–H and O–H groups in total. The topological polar surface area (TPSA) is 44.9 Å². The maximum atomic E-state index is 12.4. The minimum absolute atomic E-state index is 0.198. The van der Waals surface area contributed by atoms with Crippen LogP contribution < -0.4 is 5.32 Å². The van der Waals surface area contributed by atoms with Crippen molar-refractivity contribution in [2.45, 2.75) is 39.2 Å². The first-order chi connectivity index (χ1) is 9.19. The zero-order chi connectivity index (χ0) is 13.4. The van der Waals surface area contributed by atoms with Crippen LogP contribution >= 0.6 is 0 Å². The number of nitrogens with one attached hydrogen (secondary N) is 2. The number of ketones is 1. The Bertz CT molecular complexity index is 623. The minimum atomic E-state index is 0.198. The van der Waals surface area contributed by atoms with Crippen molar-refractivity contribution in [3.8, 4) is 0 Å². The zero-order valence-corrected chi connectivity index (χ0v) is 11.5. The first-order valence-corrected chi connectivity index (χ1v) is 7.07. The van der Waals surface area contributed by atoms with Crippen LogP contribution in [0.2, 0.25) is 0 Å². The van der Waals surface area contributed by atoms with Gasteiger partial charge < -0.3 is 10.3 Å². The summed E-state index contributed by atoms with van der Waals surface area (Å²) in [7, 11) is 0. The summed E-state index contributed by atoms with van der Waals surface area (Å²) < 4.78 is 0. The van der Waals surface area contributed by atoms with Gasteiger partial charge in [0.15, 0.2) is 5.78 Å². The summed E-state index contributed by atoms with van der Waals surface area (Å²) in [6.07, 6.45) is 3.41. The fourth-order valence-corrected chi connectivity index (χ4v) is 2.57. The van der Waals surface area contributed by atoms with E-state index < -0.39 is 0 Å². The predicted octanol–water partition coefficient (Wildman–Crippen LogP) is 2.97. The van der Waals surface area contributed by atoms with E-state index in [1.165, 1.54) is 18.4 Å². The molecule has 1 aliphatic carbocycles. The molecule has 1 aromatic heterocycles. The molecule has 0 amide bonds. The maximum Gasteiger partial charge on any atom is 0.179 e. The van der Waals surface area contributed by atoms with Gasteiger partial charge in [-0.05, 0) is 43.9 Å². The number of benzene rings is 1. The molecule has 0 atom stereocenters. The average Bonchev–Trinajstić information content (AvgIpc) is 3.17. The third-order valence-electron chi connectivity index (χ3n) is 3.87. The average molecular weight is 256 g/mol. The van der Waals surface area contributed by atoms with Gasteiger partial charge in [0.1, 0.15) is 0 Å². The number of aromatic amines is 1. The maximum absolute atomic E-state index is 12.4. The molecule has 3 rings (SSSR count). The van der Waals surface area contributed by atoms with Crippen molar-refractivity contribution in [3.63, 3.8) is 0 Å². The molecular formula is C16H20N2O. The van der Waals surface area contributed by atoms with Crippen LogP contribution in [0.15, 0.2) is 18.2 Å². The highest BCUT2D eigenvalue weighted by molar-refractivity contribution is 6.10. The number of fused-ring (bicyclic) bond motifs is 1.